The lowest BCUT2D eigenvalue weighted by Crippen LogP contribution is -2.29. The summed E-state index contributed by atoms with van der Waals surface area (Å²) < 4.78 is 42.2. The second-order valence-corrected chi connectivity index (χ2v) is 7.48. The quantitative estimate of drug-likeness (QED) is 0.540. The van der Waals surface area contributed by atoms with Crippen LogP contribution in [0.1, 0.15) is 29.1 Å². The van der Waals surface area contributed by atoms with Crippen LogP contribution >= 0.6 is 11.8 Å². The summed E-state index contributed by atoms with van der Waals surface area (Å²) in [6.07, 6.45) is 0. The number of amides is 2. The van der Waals surface area contributed by atoms with E-state index in [2.05, 4.69) is 20.8 Å². The van der Waals surface area contributed by atoms with Crippen LogP contribution in [0.25, 0.3) is 0 Å². The zero-order chi connectivity index (χ0) is 22.5. The maximum atomic E-state index is 13.8. The van der Waals surface area contributed by atoms with E-state index in [4.69, 9.17) is 0 Å². The van der Waals surface area contributed by atoms with Crippen molar-refractivity contribution in [3.63, 3.8) is 0 Å². The lowest BCUT2D eigenvalue weighted by atomic mass is 10.2. The molecule has 0 aliphatic heterocycles. The molecular weight excluding hydrogens is 431 g/mol. The Kier molecular flexibility index (Phi) is 6.95. The number of thioether (sulfide) groups is 1. The van der Waals surface area contributed by atoms with Gasteiger partial charge < -0.3 is 15.2 Å². The minimum atomic E-state index is -0.750. The van der Waals surface area contributed by atoms with E-state index in [9.17, 15) is 22.8 Å². The van der Waals surface area contributed by atoms with Crippen LogP contribution < -0.4 is 10.6 Å². The van der Waals surface area contributed by atoms with Gasteiger partial charge in [0.15, 0.2) is 11.0 Å². The number of rotatable bonds is 7. The second-order valence-electron chi connectivity index (χ2n) is 6.54. The molecule has 0 aliphatic rings. The molecule has 3 rings (SSSR count). The maximum Gasteiger partial charge on any atom is 0.254 e. The molecular formula is C20H18F3N5O2S. The van der Waals surface area contributed by atoms with E-state index >= 15 is 0 Å². The van der Waals surface area contributed by atoms with Crippen molar-refractivity contribution in [2.24, 2.45) is 7.05 Å². The molecule has 31 heavy (non-hydrogen) atoms. The summed E-state index contributed by atoms with van der Waals surface area (Å²) in [6.45, 7) is 1.66. The second kappa shape index (κ2) is 9.65. The first kappa shape index (κ1) is 22.3. The predicted octanol–water partition coefficient (Wildman–Crippen LogP) is 3.45. The molecule has 11 heteroatoms. The van der Waals surface area contributed by atoms with Gasteiger partial charge in [0.25, 0.3) is 5.91 Å². The van der Waals surface area contributed by atoms with E-state index in [1.165, 1.54) is 18.2 Å². The van der Waals surface area contributed by atoms with Crippen LogP contribution in [0.4, 0.5) is 18.9 Å². The molecule has 1 aromatic heterocycles. The molecule has 1 heterocycles. The van der Waals surface area contributed by atoms with E-state index in [1.54, 1.807) is 24.6 Å². The smallest absolute Gasteiger partial charge is 0.254 e. The molecule has 0 radical (unpaired) electrons. The van der Waals surface area contributed by atoms with Crippen LogP contribution in [0.3, 0.4) is 0 Å². The topological polar surface area (TPSA) is 88.9 Å². The summed E-state index contributed by atoms with van der Waals surface area (Å²) in [4.78, 5) is 24.3. The molecule has 1 atom stereocenters. The molecule has 162 valence electrons. The fourth-order valence-electron chi connectivity index (χ4n) is 2.72. The van der Waals surface area contributed by atoms with Gasteiger partial charge in [0.2, 0.25) is 5.91 Å². The van der Waals surface area contributed by atoms with Crippen molar-refractivity contribution >= 4 is 29.3 Å². The third kappa shape index (κ3) is 5.43. The molecule has 0 saturated heterocycles. The van der Waals surface area contributed by atoms with E-state index in [0.717, 1.165) is 30.0 Å². The SMILES string of the molecule is C[C@H](NC(=O)c1ccccc1F)c1nnc(SCC(=O)Nc2cc(F)ccc2F)n1C. The van der Waals surface area contributed by atoms with E-state index in [0.29, 0.717) is 11.0 Å². The molecule has 2 N–H and O–H groups in total. The van der Waals surface area contributed by atoms with Gasteiger partial charge in [0.05, 0.1) is 23.0 Å². The molecule has 2 amide bonds. The van der Waals surface area contributed by atoms with Gasteiger partial charge in [0.1, 0.15) is 17.5 Å². The van der Waals surface area contributed by atoms with Gasteiger partial charge in [0, 0.05) is 13.1 Å². The number of benzene rings is 2. The molecule has 3 aromatic rings. The van der Waals surface area contributed by atoms with Gasteiger partial charge in [-0.05, 0) is 31.2 Å². The zero-order valence-corrected chi connectivity index (χ0v) is 17.3. The summed E-state index contributed by atoms with van der Waals surface area (Å²) in [5.41, 5.74) is -0.346. The van der Waals surface area contributed by atoms with Crippen molar-refractivity contribution in [3.05, 3.63) is 71.3 Å². The first-order valence-electron chi connectivity index (χ1n) is 9.08. The monoisotopic (exact) mass is 449 g/mol. The first-order valence-corrected chi connectivity index (χ1v) is 10.1. The highest BCUT2D eigenvalue weighted by atomic mass is 32.2. The average molecular weight is 449 g/mol. The molecule has 0 bridgehead atoms. The third-order valence-corrected chi connectivity index (χ3v) is 5.28. The standard InChI is InChI=1S/C20H18F3N5O2S/c1-11(24-19(30)13-5-3-4-6-14(13)22)18-26-27-20(28(18)2)31-10-17(29)25-16-9-12(21)7-8-15(16)23/h3-9,11H,10H2,1-2H3,(H,24,30)(H,25,29)/t11-/m0/s1. The van der Waals surface area contributed by atoms with Crippen molar-refractivity contribution < 1.29 is 22.8 Å². The predicted molar refractivity (Wildman–Crippen MR) is 109 cm³/mol. The molecule has 0 spiro atoms. The minimum absolute atomic E-state index is 0.0904. The Labute approximate surface area is 180 Å². The summed E-state index contributed by atoms with van der Waals surface area (Å²) in [7, 11) is 1.65. The Morgan fingerprint density at radius 3 is 2.58 bits per heavy atom. The van der Waals surface area contributed by atoms with Crippen molar-refractivity contribution in [1.82, 2.24) is 20.1 Å². The number of anilines is 1. The third-order valence-electron chi connectivity index (χ3n) is 4.26. The molecule has 0 fully saturated rings. The van der Waals surface area contributed by atoms with Gasteiger partial charge in [-0.2, -0.15) is 0 Å². The van der Waals surface area contributed by atoms with Crippen LogP contribution in [0.5, 0.6) is 0 Å². The van der Waals surface area contributed by atoms with E-state index in [-0.39, 0.29) is 17.0 Å². The summed E-state index contributed by atoms with van der Waals surface area (Å²) in [5.74, 6) is -2.95. The van der Waals surface area contributed by atoms with Crippen molar-refractivity contribution in [1.29, 1.82) is 0 Å². The van der Waals surface area contributed by atoms with E-state index in [1.807, 2.05) is 0 Å². The first-order chi connectivity index (χ1) is 14.8. The normalized spacial score (nSPS) is 11.8. The number of aromatic nitrogens is 3. The molecule has 2 aromatic carbocycles. The van der Waals surface area contributed by atoms with Crippen LogP contribution in [-0.2, 0) is 11.8 Å². The zero-order valence-electron chi connectivity index (χ0n) is 16.5. The van der Waals surface area contributed by atoms with Crippen LogP contribution in [0.15, 0.2) is 47.6 Å². The minimum Gasteiger partial charge on any atom is -0.342 e. The highest BCUT2D eigenvalue weighted by Gasteiger charge is 2.20. The van der Waals surface area contributed by atoms with Gasteiger partial charge in [-0.3, -0.25) is 9.59 Å². The number of carbonyl (C=O) groups excluding carboxylic acids is 2. The fourth-order valence-corrected chi connectivity index (χ4v) is 3.44. The number of nitrogens with one attached hydrogen (secondary N) is 2. The Morgan fingerprint density at radius 1 is 1.10 bits per heavy atom. The number of hydrogen-bond acceptors (Lipinski definition) is 5. The molecule has 0 aliphatic carbocycles. The van der Waals surface area contributed by atoms with Crippen LogP contribution in [-0.4, -0.2) is 32.3 Å². The Balaban J connectivity index is 1.60. The highest BCUT2D eigenvalue weighted by Crippen LogP contribution is 2.21. The lowest BCUT2D eigenvalue weighted by Gasteiger charge is -2.14. The summed E-state index contributed by atoms with van der Waals surface area (Å²) >= 11 is 1.03. The summed E-state index contributed by atoms with van der Waals surface area (Å²) in [6, 6.07) is 7.78. The van der Waals surface area contributed by atoms with Crippen molar-refractivity contribution in [2.75, 3.05) is 11.1 Å². The largest absolute Gasteiger partial charge is 0.342 e. The number of hydrogen-bond donors (Lipinski definition) is 2. The van der Waals surface area contributed by atoms with Crippen molar-refractivity contribution in [2.45, 2.75) is 18.1 Å². The van der Waals surface area contributed by atoms with Gasteiger partial charge >= 0.3 is 0 Å². The van der Waals surface area contributed by atoms with Gasteiger partial charge in [-0.15, -0.1) is 10.2 Å². The number of nitrogens with zero attached hydrogens (tertiary/aromatic N) is 3. The van der Waals surface area contributed by atoms with Gasteiger partial charge in [-0.25, -0.2) is 13.2 Å². The average Bonchev–Trinajstić information content (AvgIpc) is 3.10. The lowest BCUT2D eigenvalue weighted by molar-refractivity contribution is -0.113. The Hall–Kier alpha value is -3.34. The Bertz CT molecular complexity index is 1120. The van der Waals surface area contributed by atoms with Crippen LogP contribution in [0, 0.1) is 17.5 Å². The number of carbonyl (C=O) groups is 2. The van der Waals surface area contributed by atoms with Gasteiger partial charge in [-0.1, -0.05) is 23.9 Å². The highest BCUT2D eigenvalue weighted by molar-refractivity contribution is 7.99. The number of halogens is 3. The summed E-state index contributed by atoms with van der Waals surface area (Å²) in [5, 5.41) is 13.3. The van der Waals surface area contributed by atoms with Crippen LogP contribution in [0.2, 0.25) is 0 Å². The maximum absolute atomic E-state index is 13.8. The Morgan fingerprint density at radius 2 is 1.84 bits per heavy atom. The van der Waals surface area contributed by atoms with E-state index < -0.39 is 35.3 Å². The molecule has 0 unspecified atom stereocenters. The fraction of sp³-hybridized carbons (Fsp3) is 0.200. The molecule has 0 saturated carbocycles. The molecule has 7 nitrogen and oxygen atoms in total. The van der Waals surface area contributed by atoms with Crippen molar-refractivity contribution in [3.8, 4) is 0 Å².